The number of furan rings is 1. The van der Waals surface area contributed by atoms with Gasteiger partial charge in [-0.1, -0.05) is 6.07 Å². The van der Waals surface area contributed by atoms with E-state index in [0.29, 0.717) is 15.8 Å². The second kappa shape index (κ2) is 6.31. The minimum atomic E-state index is -3.74. The summed E-state index contributed by atoms with van der Waals surface area (Å²) in [6.45, 7) is 3.26. The Morgan fingerprint density at radius 3 is 2.71 bits per heavy atom. The zero-order valence-corrected chi connectivity index (χ0v) is 14.0. The fourth-order valence-corrected chi connectivity index (χ4v) is 4.27. The van der Waals surface area contributed by atoms with Crippen molar-refractivity contribution in [1.82, 2.24) is 4.72 Å². The molecule has 0 fully saturated rings. The molecule has 2 aromatic rings. The van der Waals surface area contributed by atoms with Crippen LogP contribution in [-0.2, 0) is 16.6 Å². The lowest BCUT2D eigenvalue weighted by Gasteiger charge is -2.15. The highest BCUT2D eigenvalue weighted by atomic mass is 79.9. The quantitative estimate of drug-likeness (QED) is 0.844. The van der Waals surface area contributed by atoms with Crippen molar-refractivity contribution in [2.24, 2.45) is 0 Å². The standard InChI is InChI=1S/C14H16BrNO4S/c1-9-6-11(8-17)7-13(14(9)15)21(18,19)16-10(2)12-4-3-5-20-12/h3-7,10,16-17H,8H2,1-2H3. The van der Waals surface area contributed by atoms with E-state index in [9.17, 15) is 13.5 Å². The second-order valence-electron chi connectivity index (χ2n) is 4.74. The van der Waals surface area contributed by atoms with Crippen molar-refractivity contribution in [2.45, 2.75) is 31.4 Å². The average molecular weight is 374 g/mol. The van der Waals surface area contributed by atoms with Gasteiger partial charge in [-0.2, -0.15) is 0 Å². The summed E-state index contributed by atoms with van der Waals surface area (Å²) < 4.78 is 33.3. The lowest BCUT2D eigenvalue weighted by molar-refractivity contribution is 0.281. The Hall–Kier alpha value is -1.15. The molecule has 0 aliphatic carbocycles. The summed E-state index contributed by atoms with van der Waals surface area (Å²) in [6, 6.07) is 6.10. The van der Waals surface area contributed by atoms with Gasteiger partial charge in [-0.05, 0) is 59.1 Å². The van der Waals surface area contributed by atoms with Gasteiger partial charge in [0.15, 0.2) is 0 Å². The lowest BCUT2D eigenvalue weighted by Crippen LogP contribution is -2.27. The highest BCUT2D eigenvalue weighted by molar-refractivity contribution is 9.10. The van der Waals surface area contributed by atoms with Gasteiger partial charge in [0, 0.05) is 4.47 Å². The van der Waals surface area contributed by atoms with E-state index in [4.69, 9.17) is 4.42 Å². The molecule has 0 saturated heterocycles. The number of aliphatic hydroxyl groups is 1. The number of aryl methyl sites for hydroxylation is 1. The molecule has 114 valence electrons. The average Bonchev–Trinajstić information content (AvgIpc) is 2.95. The summed E-state index contributed by atoms with van der Waals surface area (Å²) >= 11 is 3.29. The van der Waals surface area contributed by atoms with Crippen molar-refractivity contribution in [3.63, 3.8) is 0 Å². The highest BCUT2D eigenvalue weighted by Crippen LogP contribution is 2.28. The number of sulfonamides is 1. The fraction of sp³-hybridized carbons (Fsp3) is 0.286. The highest BCUT2D eigenvalue weighted by Gasteiger charge is 2.23. The topological polar surface area (TPSA) is 79.5 Å². The van der Waals surface area contributed by atoms with Crippen molar-refractivity contribution in [1.29, 1.82) is 0 Å². The maximum Gasteiger partial charge on any atom is 0.242 e. The summed E-state index contributed by atoms with van der Waals surface area (Å²) in [5.41, 5.74) is 1.29. The molecule has 2 rings (SSSR count). The maximum absolute atomic E-state index is 12.5. The van der Waals surface area contributed by atoms with Crippen LogP contribution in [-0.4, -0.2) is 13.5 Å². The van der Waals surface area contributed by atoms with Gasteiger partial charge in [0.2, 0.25) is 10.0 Å². The molecule has 1 atom stereocenters. The Labute approximate surface area is 132 Å². The molecule has 1 aromatic heterocycles. The van der Waals surface area contributed by atoms with Crippen molar-refractivity contribution >= 4 is 26.0 Å². The van der Waals surface area contributed by atoms with Gasteiger partial charge in [-0.15, -0.1) is 0 Å². The smallest absolute Gasteiger partial charge is 0.242 e. The number of hydrogen-bond donors (Lipinski definition) is 2. The molecule has 0 aliphatic heterocycles. The summed E-state index contributed by atoms with van der Waals surface area (Å²) in [5, 5.41) is 9.23. The number of aliphatic hydroxyl groups excluding tert-OH is 1. The van der Waals surface area contributed by atoms with Gasteiger partial charge in [-0.25, -0.2) is 13.1 Å². The van der Waals surface area contributed by atoms with Crippen molar-refractivity contribution in [3.8, 4) is 0 Å². The SMILES string of the molecule is Cc1cc(CO)cc(S(=O)(=O)NC(C)c2ccco2)c1Br. The molecule has 0 radical (unpaired) electrons. The number of nitrogens with one attached hydrogen (secondary N) is 1. The first-order chi connectivity index (χ1) is 9.85. The first-order valence-electron chi connectivity index (χ1n) is 6.30. The molecule has 0 saturated carbocycles. The molecule has 0 bridgehead atoms. The number of hydrogen-bond acceptors (Lipinski definition) is 4. The lowest BCUT2D eigenvalue weighted by atomic mass is 10.1. The van der Waals surface area contributed by atoms with Crippen LogP contribution in [0.2, 0.25) is 0 Å². The first-order valence-corrected chi connectivity index (χ1v) is 8.58. The van der Waals surface area contributed by atoms with E-state index in [1.165, 1.54) is 12.3 Å². The molecule has 0 spiro atoms. The van der Waals surface area contributed by atoms with Crippen LogP contribution in [0.4, 0.5) is 0 Å². The summed E-state index contributed by atoms with van der Waals surface area (Å²) in [5.74, 6) is 0.532. The van der Waals surface area contributed by atoms with E-state index < -0.39 is 16.1 Å². The monoisotopic (exact) mass is 373 g/mol. The minimum Gasteiger partial charge on any atom is -0.468 e. The van der Waals surface area contributed by atoms with Gasteiger partial charge in [0.05, 0.1) is 23.8 Å². The van der Waals surface area contributed by atoms with Crippen LogP contribution >= 0.6 is 15.9 Å². The molecule has 1 unspecified atom stereocenters. The van der Waals surface area contributed by atoms with Gasteiger partial charge >= 0.3 is 0 Å². The number of benzene rings is 1. The van der Waals surface area contributed by atoms with Gasteiger partial charge in [0.1, 0.15) is 5.76 Å². The zero-order valence-electron chi connectivity index (χ0n) is 11.6. The summed E-state index contributed by atoms with van der Waals surface area (Å²) in [4.78, 5) is 0.102. The van der Waals surface area contributed by atoms with E-state index in [-0.39, 0.29) is 11.5 Å². The molecule has 0 aliphatic rings. The molecule has 5 nitrogen and oxygen atoms in total. The molecular weight excluding hydrogens is 358 g/mol. The van der Waals surface area contributed by atoms with E-state index in [1.807, 2.05) is 0 Å². The van der Waals surface area contributed by atoms with Gasteiger partial charge < -0.3 is 9.52 Å². The van der Waals surface area contributed by atoms with Crippen LogP contribution in [0.3, 0.4) is 0 Å². The third-order valence-corrected chi connectivity index (χ3v) is 5.93. The Balaban J connectivity index is 2.38. The van der Waals surface area contributed by atoms with E-state index in [2.05, 4.69) is 20.7 Å². The predicted octanol–water partition coefficient (Wildman–Crippen LogP) is 2.88. The Bertz CT molecular complexity index is 726. The van der Waals surface area contributed by atoms with Crippen molar-refractivity contribution in [2.75, 3.05) is 0 Å². The Morgan fingerprint density at radius 1 is 1.43 bits per heavy atom. The van der Waals surface area contributed by atoms with Crippen LogP contribution in [0.15, 0.2) is 44.3 Å². The van der Waals surface area contributed by atoms with Crippen molar-refractivity contribution < 1.29 is 17.9 Å². The Kier molecular flexibility index (Phi) is 4.88. The van der Waals surface area contributed by atoms with Crippen LogP contribution in [0.1, 0.15) is 29.9 Å². The van der Waals surface area contributed by atoms with Crippen LogP contribution < -0.4 is 4.72 Å². The van der Waals surface area contributed by atoms with Gasteiger partial charge in [-0.3, -0.25) is 0 Å². The second-order valence-corrected chi connectivity index (χ2v) is 7.22. The van der Waals surface area contributed by atoms with E-state index >= 15 is 0 Å². The molecule has 1 aromatic carbocycles. The third kappa shape index (κ3) is 3.55. The molecule has 0 amide bonds. The van der Waals surface area contributed by atoms with Crippen LogP contribution in [0.25, 0.3) is 0 Å². The maximum atomic E-state index is 12.5. The van der Waals surface area contributed by atoms with Gasteiger partial charge in [0.25, 0.3) is 0 Å². The van der Waals surface area contributed by atoms with E-state index in [1.54, 1.807) is 32.0 Å². The van der Waals surface area contributed by atoms with Crippen LogP contribution in [0.5, 0.6) is 0 Å². The zero-order chi connectivity index (χ0) is 15.6. The predicted molar refractivity (Wildman–Crippen MR) is 82.2 cm³/mol. The first kappa shape index (κ1) is 16.2. The number of halogens is 1. The van der Waals surface area contributed by atoms with Crippen LogP contribution in [0, 0.1) is 6.92 Å². The van der Waals surface area contributed by atoms with Crippen molar-refractivity contribution in [3.05, 3.63) is 51.9 Å². The molecule has 21 heavy (non-hydrogen) atoms. The molecule has 7 heteroatoms. The fourth-order valence-electron chi connectivity index (χ4n) is 1.99. The molecular formula is C14H16BrNO4S. The normalized spacial score (nSPS) is 13.3. The summed E-state index contributed by atoms with van der Waals surface area (Å²) in [6.07, 6.45) is 1.49. The molecule has 1 heterocycles. The third-order valence-electron chi connectivity index (χ3n) is 3.05. The Morgan fingerprint density at radius 2 is 2.14 bits per heavy atom. The molecule has 2 N–H and O–H groups in total. The largest absolute Gasteiger partial charge is 0.468 e. The minimum absolute atomic E-state index is 0.102. The summed E-state index contributed by atoms with van der Waals surface area (Å²) in [7, 11) is -3.74. The van der Waals surface area contributed by atoms with E-state index in [0.717, 1.165) is 5.56 Å². The number of rotatable bonds is 5.